The van der Waals surface area contributed by atoms with Crippen molar-refractivity contribution in [3.8, 4) is 0 Å². The molecule has 0 amide bonds. The molecule has 3 rings (SSSR count). The summed E-state index contributed by atoms with van der Waals surface area (Å²) >= 11 is 1.51. The fourth-order valence-corrected chi connectivity index (χ4v) is 4.57. The van der Waals surface area contributed by atoms with Gasteiger partial charge in [0.1, 0.15) is 10.7 Å². The van der Waals surface area contributed by atoms with Crippen LogP contribution in [0.1, 0.15) is 18.4 Å². The first kappa shape index (κ1) is 14.5. The molecule has 1 aromatic carbocycles. The molecule has 2 aromatic rings. The van der Waals surface area contributed by atoms with Crippen LogP contribution in [0.3, 0.4) is 0 Å². The van der Waals surface area contributed by atoms with Crippen LogP contribution in [0, 0.1) is 5.82 Å². The van der Waals surface area contributed by atoms with Crippen LogP contribution >= 0.6 is 11.3 Å². The number of anilines is 1. The van der Waals surface area contributed by atoms with Gasteiger partial charge in [-0.15, -0.1) is 0 Å². The molecule has 1 aliphatic carbocycles. The van der Waals surface area contributed by atoms with Crippen molar-refractivity contribution in [2.45, 2.75) is 30.3 Å². The van der Waals surface area contributed by atoms with Crippen LogP contribution in [-0.4, -0.2) is 18.8 Å². The fourth-order valence-electron chi connectivity index (χ4n) is 2.19. The molecule has 0 unspecified atom stereocenters. The second-order valence-corrected chi connectivity index (χ2v) is 7.74. The molecule has 1 aromatic heterocycles. The molecule has 4 nitrogen and oxygen atoms in total. The molecule has 1 aliphatic rings. The van der Waals surface area contributed by atoms with E-state index in [1.165, 1.54) is 27.8 Å². The first-order valence-corrected chi connectivity index (χ1v) is 8.95. The van der Waals surface area contributed by atoms with Crippen LogP contribution < -0.4 is 5.73 Å². The van der Waals surface area contributed by atoms with Gasteiger partial charge in [-0.1, -0.05) is 0 Å². The van der Waals surface area contributed by atoms with Gasteiger partial charge in [-0.3, -0.25) is 0 Å². The number of nitrogens with zero attached hydrogens (tertiary/aromatic N) is 1. The van der Waals surface area contributed by atoms with Crippen LogP contribution in [0.15, 0.2) is 39.9 Å². The molecular weight excluding hydrogens is 311 g/mol. The molecule has 0 saturated heterocycles. The minimum atomic E-state index is -3.85. The Balaban J connectivity index is 1.97. The van der Waals surface area contributed by atoms with Crippen molar-refractivity contribution in [1.29, 1.82) is 0 Å². The summed E-state index contributed by atoms with van der Waals surface area (Å²) in [6, 6.07) is 5.54. The first-order chi connectivity index (χ1) is 9.98. The van der Waals surface area contributed by atoms with Crippen LogP contribution in [0.4, 0.5) is 10.1 Å². The largest absolute Gasteiger partial charge is 0.399 e. The van der Waals surface area contributed by atoms with Crippen LogP contribution in [0.2, 0.25) is 0 Å². The number of sulfonamides is 1. The van der Waals surface area contributed by atoms with Crippen molar-refractivity contribution >= 4 is 27.0 Å². The molecule has 1 heterocycles. The van der Waals surface area contributed by atoms with Crippen molar-refractivity contribution in [3.05, 3.63) is 46.4 Å². The van der Waals surface area contributed by atoms with Crippen molar-refractivity contribution in [1.82, 2.24) is 4.31 Å². The summed E-state index contributed by atoms with van der Waals surface area (Å²) in [5.41, 5.74) is 6.61. The summed E-state index contributed by atoms with van der Waals surface area (Å²) < 4.78 is 40.8. The first-order valence-electron chi connectivity index (χ1n) is 6.56. The van der Waals surface area contributed by atoms with E-state index in [9.17, 15) is 12.8 Å². The Bertz CT molecular complexity index is 740. The quantitative estimate of drug-likeness (QED) is 0.859. The number of thiophene rings is 1. The van der Waals surface area contributed by atoms with Gasteiger partial charge in [0.25, 0.3) is 0 Å². The highest BCUT2D eigenvalue weighted by Crippen LogP contribution is 2.34. The van der Waals surface area contributed by atoms with E-state index >= 15 is 0 Å². The maximum Gasteiger partial charge on any atom is 0.246 e. The zero-order valence-corrected chi connectivity index (χ0v) is 12.8. The second kappa shape index (κ2) is 5.40. The average molecular weight is 326 g/mol. The van der Waals surface area contributed by atoms with E-state index in [1.807, 2.05) is 16.8 Å². The third kappa shape index (κ3) is 2.95. The summed E-state index contributed by atoms with van der Waals surface area (Å²) in [4.78, 5) is -0.307. The van der Waals surface area contributed by atoms with E-state index in [4.69, 9.17) is 5.73 Å². The van der Waals surface area contributed by atoms with Crippen LogP contribution in [-0.2, 0) is 16.6 Å². The van der Waals surface area contributed by atoms with Gasteiger partial charge in [0.2, 0.25) is 10.0 Å². The molecule has 0 bridgehead atoms. The maximum absolute atomic E-state index is 14.0. The minimum absolute atomic E-state index is 0.0353. The summed E-state index contributed by atoms with van der Waals surface area (Å²) in [5, 5.41) is 3.81. The van der Waals surface area contributed by atoms with Crippen molar-refractivity contribution in [2.24, 2.45) is 0 Å². The van der Waals surface area contributed by atoms with E-state index in [0.29, 0.717) is 0 Å². The molecule has 2 N–H and O–H groups in total. The molecule has 1 fully saturated rings. The van der Waals surface area contributed by atoms with Crippen molar-refractivity contribution in [3.63, 3.8) is 0 Å². The lowest BCUT2D eigenvalue weighted by molar-refractivity contribution is 0.396. The lowest BCUT2D eigenvalue weighted by Gasteiger charge is -2.21. The van der Waals surface area contributed by atoms with E-state index in [1.54, 1.807) is 0 Å². The molecule has 112 valence electrons. The predicted molar refractivity (Wildman–Crippen MR) is 80.9 cm³/mol. The molecule has 1 saturated carbocycles. The number of hydrogen-bond acceptors (Lipinski definition) is 4. The summed E-state index contributed by atoms with van der Waals surface area (Å²) in [5.74, 6) is -0.800. The van der Waals surface area contributed by atoms with E-state index in [-0.39, 0.29) is 23.2 Å². The number of benzene rings is 1. The third-order valence-electron chi connectivity index (χ3n) is 3.42. The van der Waals surface area contributed by atoms with Crippen molar-refractivity contribution in [2.75, 3.05) is 5.73 Å². The standard InChI is InChI=1S/C14H15FN2O2S2/c15-13-7-11(16)1-4-14(13)21(18,19)17(12-2-3-12)8-10-5-6-20-9-10/h1,4-7,9,12H,2-3,8,16H2. The Hall–Kier alpha value is -1.44. The lowest BCUT2D eigenvalue weighted by atomic mass is 10.3. The van der Waals surface area contributed by atoms with Gasteiger partial charge in [-0.25, -0.2) is 12.8 Å². The topological polar surface area (TPSA) is 63.4 Å². The molecule has 0 spiro atoms. The zero-order valence-electron chi connectivity index (χ0n) is 11.2. The fraction of sp³-hybridized carbons (Fsp3) is 0.286. The van der Waals surface area contributed by atoms with E-state index in [0.717, 1.165) is 24.5 Å². The maximum atomic E-state index is 14.0. The number of nitrogens with two attached hydrogens (primary N) is 1. The lowest BCUT2D eigenvalue weighted by Crippen LogP contribution is -2.33. The highest BCUT2D eigenvalue weighted by molar-refractivity contribution is 7.89. The highest BCUT2D eigenvalue weighted by Gasteiger charge is 2.39. The van der Waals surface area contributed by atoms with Gasteiger partial charge in [0.15, 0.2) is 0 Å². The zero-order chi connectivity index (χ0) is 15.0. The SMILES string of the molecule is Nc1ccc(S(=O)(=O)N(Cc2ccsc2)C2CC2)c(F)c1. The molecule has 0 aliphatic heterocycles. The third-order valence-corrected chi connectivity index (χ3v) is 6.08. The Kier molecular flexibility index (Phi) is 3.73. The molecule has 7 heteroatoms. The van der Waals surface area contributed by atoms with Gasteiger partial charge in [0, 0.05) is 18.3 Å². The normalized spacial score (nSPS) is 15.5. The van der Waals surface area contributed by atoms with Crippen LogP contribution in [0.25, 0.3) is 0 Å². The Morgan fingerprint density at radius 3 is 2.67 bits per heavy atom. The van der Waals surface area contributed by atoms with E-state index < -0.39 is 15.8 Å². The van der Waals surface area contributed by atoms with Gasteiger partial charge < -0.3 is 5.73 Å². The molecule has 21 heavy (non-hydrogen) atoms. The Morgan fingerprint density at radius 1 is 1.33 bits per heavy atom. The van der Waals surface area contributed by atoms with Crippen LogP contribution in [0.5, 0.6) is 0 Å². The second-order valence-electron chi connectivity index (χ2n) is 5.10. The van der Waals surface area contributed by atoms with Crippen molar-refractivity contribution < 1.29 is 12.8 Å². The van der Waals surface area contributed by atoms with Gasteiger partial charge in [-0.05, 0) is 53.4 Å². The summed E-state index contributed by atoms with van der Waals surface area (Å²) in [6.07, 6.45) is 1.64. The van der Waals surface area contributed by atoms with Gasteiger partial charge in [-0.2, -0.15) is 15.6 Å². The number of rotatable bonds is 5. The molecule has 0 atom stereocenters. The average Bonchev–Trinajstić information content (AvgIpc) is 3.11. The van der Waals surface area contributed by atoms with Gasteiger partial charge >= 0.3 is 0 Å². The molecule has 0 radical (unpaired) electrons. The summed E-state index contributed by atoms with van der Waals surface area (Å²) in [6.45, 7) is 0.278. The Morgan fingerprint density at radius 2 is 2.10 bits per heavy atom. The van der Waals surface area contributed by atoms with Gasteiger partial charge in [0.05, 0.1) is 0 Å². The smallest absolute Gasteiger partial charge is 0.246 e. The number of hydrogen-bond donors (Lipinski definition) is 1. The number of nitrogen functional groups attached to an aromatic ring is 1. The summed E-state index contributed by atoms with van der Waals surface area (Å²) in [7, 11) is -3.85. The highest BCUT2D eigenvalue weighted by atomic mass is 32.2. The Labute approximate surface area is 127 Å². The minimum Gasteiger partial charge on any atom is -0.399 e. The molecular formula is C14H15FN2O2S2. The number of halogens is 1. The predicted octanol–water partition coefficient (Wildman–Crippen LogP) is 2.82. The monoisotopic (exact) mass is 326 g/mol. The van der Waals surface area contributed by atoms with E-state index in [2.05, 4.69) is 0 Å².